The van der Waals surface area contributed by atoms with Crippen LogP contribution in [0.4, 0.5) is 0 Å². The summed E-state index contributed by atoms with van der Waals surface area (Å²) in [5.41, 5.74) is 0. The van der Waals surface area contributed by atoms with E-state index in [1.54, 1.807) is 13.8 Å². The van der Waals surface area contributed by atoms with Crippen LogP contribution in [0.25, 0.3) is 0 Å². The van der Waals surface area contributed by atoms with Gasteiger partial charge in [-0.1, -0.05) is 36.4 Å². The number of benzene rings is 2. The van der Waals surface area contributed by atoms with Crippen LogP contribution in [0.2, 0.25) is 0 Å². The van der Waals surface area contributed by atoms with Gasteiger partial charge >= 0.3 is 0 Å². The fourth-order valence-electron chi connectivity index (χ4n) is 2.42. The zero-order chi connectivity index (χ0) is 22.0. The highest BCUT2D eigenvalue weighted by Gasteiger charge is 2.21. The molecule has 0 aliphatic carbocycles. The monoisotopic (exact) mass is 466 g/mol. The summed E-state index contributed by atoms with van der Waals surface area (Å²) in [7, 11) is -3.75. The van der Waals surface area contributed by atoms with Crippen LogP contribution in [0, 0.1) is 0 Å². The Morgan fingerprint density at radius 2 is 1.30 bits per heavy atom. The van der Waals surface area contributed by atoms with Gasteiger partial charge in [0.05, 0.1) is 16.3 Å². The largest absolute Gasteiger partial charge is 0.355 e. The van der Waals surface area contributed by atoms with Crippen LogP contribution in [-0.4, -0.2) is 43.0 Å². The number of rotatable bonds is 11. The number of nitrogens with one attached hydrogen (secondary N) is 2. The molecule has 162 valence electrons. The van der Waals surface area contributed by atoms with Gasteiger partial charge in [-0.25, -0.2) is 8.42 Å². The highest BCUT2D eigenvalue weighted by atomic mass is 32.2. The fourth-order valence-corrected chi connectivity index (χ4v) is 5.40. The molecule has 9 heteroatoms. The molecule has 0 heterocycles. The Hall–Kier alpha value is -1.97. The predicted molar refractivity (Wildman–Crippen MR) is 123 cm³/mol. The maximum atomic E-state index is 12.2. The smallest absolute Gasteiger partial charge is 0.246 e. The van der Waals surface area contributed by atoms with Crippen molar-refractivity contribution in [1.29, 1.82) is 0 Å². The van der Waals surface area contributed by atoms with Gasteiger partial charge in [0.15, 0.2) is 0 Å². The molecule has 2 rings (SSSR count). The van der Waals surface area contributed by atoms with Gasteiger partial charge < -0.3 is 5.32 Å². The molecule has 0 saturated heterocycles. The van der Waals surface area contributed by atoms with Gasteiger partial charge in [-0.05, 0) is 44.5 Å². The van der Waals surface area contributed by atoms with Gasteiger partial charge in [0.2, 0.25) is 21.8 Å². The number of hydrogen-bond donors (Lipinski definition) is 2. The van der Waals surface area contributed by atoms with Crippen molar-refractivity contribution in [1.82, 2.24) is 10.0 Å². The minimum absolute atomic E-state index is 0.154. The summed E-state index contributed by atoms with van der Waals surface area (Å²) in [6, 6.07) is 18.9. The van der Waals surface area contributed by atoms with Crippen molar-refractivity contribution in [3.8, 4) is 0 Å². The number of carbonyl (C=O) groups is 2. The maximum Gasteiger partial charge on any atom is 0.246 e. The zero-order valence-electron chi connectivity index (χ0n) is 16.9. The number of hydrogen-bond acceptors (Lipinski definition) is 6. The van der Waals surface area contributed by atoms with E-state index >= 15 is 0 Å². The highest BCUT2D eigenvalue weighted by Crippen LogP contribution is 2.23. The van der Waals surface area contributed by atoms with Gasteiger partial charge in [0.1, 0.15) is 0 Å². The number of carbonyl (C=O) groups excluding carboxylic acids is 2. The molecule has 0 aliphatic rings. The summed E-state index contributed by atoms with van der Waals surface area (Å²) >= 11 is 2.73. The molecule has 2 N–H and O–H groups in total. The van der Waals surface area contributed by atoms with E-state index in [4.69, 9.17) is 0 Å². The number of sulfonamides is 1. The van der Waals surface area contributed by atoms with E-state index < -0.39 is 21.2 Å². The summed E-state index contributed by atoms with van der Waals surface area (Å²) in [5.74, 6) is -0.943. The van der Waals surface area contributed by atoms with Crippen LogP contribution in [-0.2, 0) is 19.6 Å². The second-order valence-electron chi connectivity index (χ2n) is 6.58. The van der Waals surface area contributed by atoms with Gasteiger partial charge in [0, 0.05) is 16.3 Å². The van der Waals surface area contributed by atoms with Gasteiger partial charge in [-0.2, -0.15) is 0 Å². The van der Waals surface area contributed by atoms with Gasteiger partial charge in [-0.3, -0.25) is 14.3 Å². The average Bonchev–Trinajstić information content (AvgIpc) is 2.72. The molecule has 0 aromatic heterocycles. The summed E-state index contributed by atoms with van der Waals surface area (Å²) < 4.78 is 26.4. The summed E-state index contributed by atoms with van der Waals surface area (Å²) in [4.78, 5) is 26.2. The van der Waals surface area contributed by atoms with Crippen LogP contribution >= 0.6 is 23.5 Å². The molecule has 0 aliphatic heterocycles. The predicted octanol–water partition coefficient (Wildman–Crippen LogP) is 3.30. The minimum atomic E-state index is -3.75. The van der Waals surface area contributed by atoms with Crippen molar-refractivity contribution in [3.63, 3.8) is 0 Å². The minimum Gasteiger partial charge on any atom is -0.355 e. The lowest BCUT2D eigenvalue weighted by molar-refractivity contribution is -0.120. The molecule has 6 nitrogen and oxygen atoms in total. The van der Waals surface area contributed by atoms with Crippen molar-refractivity contribution < 1.29 is 18.0 Å². The second kappa shape index (κ2) is 12.0. The van der Waals surface area contributed by atoms with Crippen LogP contribution in [0.1, 0.15) is 20.3 Å². The Morgan fingerprint density at radius 1 is 0.833 bits per heavy atom. The van der Waals surface area contributed by atoms with Crippen molar-refractivity contribution in [3.05, 3.63) is 60.7 Å². The third-order valence-electron chi connectivity index (χ3n) is 4.00. The molecule has 2 aromatic carbocycles. The molecule has 2 atom stereocenters. The summed E-state index contributed by atoms with van der Waals surface area (Å²) in [6.45, 7) is 3.69. The van der Waals surface area contributed by atoms with E-state index in [1.807, 2.05) is 60.7 Å². The molecule has 30 heavy (non-hydrogen) atoms. The molecule has 0 fully saturated rings. The third-order valence-corrected chi connectivity index (χ3v) is 7.56. The molecule has 2 aromatic rings. The van der Waals surface area contributed by atoms with Crippen molar-refractivity contribution in [2.24, 2.45) is 0 Å². The summed E-state index contributed by atoms with van der Waals surface area (Å²) in [5, 5.41) is 1.91. The molecule has 0 unspecified atom stereocenters. The lowest BCUT2D eigenvalue weighted by atomic mass is 10.4. The number of amides is 2. The Labute approximate surface area is 186 Å². The first-order valence-electron chi connectivity index (χ1n) is 9.52. The molecule has 0 spiro atoms. The first kappa shape index (κ1) is 24.3. The third kappa shape index (κ3) is 8.81. The molecule has 0 radical (unpaired) electrons. The van der Waals surface area contributed by atoms with E-state index in [2.05, 4.69) is 10.0 Å². The van der Waals surface area contributed by atoms with E-state index in [0.29, 0.717) is 0 Å². The molecule has 2 amide bonds. The molecular formula is C21H26N2O4S3. The lowest BCUT2D eigenvalue weighted by Gasteiger charge is -2.13. The number of thioether (sulfide) groups is 2. The van der Waals surface area contributed by atoms with Crippen molar-refractivity contribution in [2.45, 2.75) is 40.6 Å². The van der Waals surface area contributed by atoms with Crippen LogP contribution in [0.15, 0.2) is 70.5 Å². The van der Waals surface area contributed by atoms with Crippen molar-refractivity contribution in [2.75, 3.05) is 12.3 Å². The molecule has 0 saturated carbocycles. The summed E-state index contributed by atoms with van der Waals surface area (Å²) in [6.07, 6.45) is 0.220. The van der Waals surface area contributed by atoms with E-state index in [-0.39, 0.29) is 29.9 Å². The Kier molecular flexibility index (Phi) is 9.74. The SMILES string of the molecule is C[C@H](Sc1ccccc1)C(=O)NCCCS(=O)(=O)NC(=O)[C@H](C)Sc1ccccc1. The average molecular weight is 467 g/mol. The van der Waals surface area contributed by atoms with Gasteiger partial charge in [0.25, 0.3) is 0 Å². The normalized spacial score (nSPS) is 13.3. The van der Waals surface area contributed by atoms with Gasteiger partial charge in [-0.15, -0.1) is 23.5 Å². The first-order valence-corrected chi connectivity index (χ1v) is 12.9. The maximum absolute atomic E-state index is 12.2. The molecule has 0 bridgehead atoms. The van der Waals surface area contributed by atoms with E-state index in [0.717, 1.165) is 9.79 Å². The lowest BCUT2D eigenvalue weighted by Crippen LogP contribution is -2.38. The zero-order valence-corrected chi connectivity index (χ0v) is 19.4. The standard InChI is InChI=1S/C21H26N2O4S3/c1-16(28-18-10-5-3-6-11-18)20(24)22-14-9-15-30(26,27)23-21(25)17(2)29-19-12-7-4-8-13-19/h3-8,10-13,16-17H,9,14-15H2,1-2H3,(H,22,24)(H,23,25)/t16-,17-/m0/s1. The quantitative estimate of drug-likeness (QED) is 0.390. The topological polar surface area (TPSA) is 92.3 Å². The van der Waals surface area contributed by atoms with E-state index in [9.17, 15) is 18.0 Å². The second-order valence-corrected chi connectivity index (χ2v) is 11.2. The van der Waals surface area contributed by atoms with E-state index in [1.165, 1.54) is 23.5 Å². The molecular weight excluding hydrogens is 440 g/mol. The Balaban J connectivity index is 1.70. The van der Waals surface area contributed by atoms with Crippen LogP contribution in [0.5, 0.6) is 0 Å². The Morgan fingerprint density at radius 3 is 1.80 bits per heavy atom. The Bertz CT molecular complexity index is 922. The highest BCUT2D eigenvalue weighted by molar-refractivity contribution is 8.01. The van der Waals surface area contributed by atoms with Crippen LogP contribution in [0.3, 0.4) is 0 Å². The van der Waals surface area contributed by atoms with Crippen molar-refractivity contribution >= 4 is 45.4 Å². The first-order chi connectivity index (χ1) is 14.3. The van der Waals surface area contributed by atoms with Crippen LogP contribution < -0.4 is 10.0 Å². The fraction of sp³-hybridized carbons (Fsp3) is 0.333.